The molecule has 0 aromatic carbocycles. The number of aromatic nitrogens is 2. The molecule has 1 aromatic heterocycles. The molecule has 0 amide bonds. The zero-order valence-electron chi connectivity index (χ0n) is 17.8. The highest BCUT2D eigenvalue weighted by molar-refractivity contribution is 5.90. The molecule has 0 fully saturated rings. The molecule has 0 spiro atoms. The quantitative estimate of drug-likeness (QED) is 0.208. The van der Waals surface area contributed by atoms with Gasteiger partial charge in [0.05, 0.1) is 34.9 Å². The van der Waals surface area contributed by atoms with Crippen LogP contribution >= 0.6 is 0 Å². The first-order chi connectivity index (χ1) is 13.0. The van der Waals surface area contributed by atoms with Crippen molar-refractivity contribution in [1.29, 1.82) is 0 Å². The van der Waals surface area contributed by atoms with Crippen LogP contribution in [0.1, 0.15) is 48.0 Å². The number of nitrogens with zero attached hydrogens (tertiary/aromatic N) is 4. The molecule has 28 heavy (non-hydrogen) atoms. The van der Waals surface area contributed by atoms with E-state index in [1.807, 2.05) is 38.5 Å². The third kappa shape index (κ3) is 7.57. The number of nitrogens with one attached hydrogen (secondary N) is 2. The van der Waals surface area contributed by atoms with Gasteiger partial charge in [-0.15, -0.1) is 0 Å². The molecule has 9 heteroatoms. The Hall–Kier alpha value is -1.97. The van der Waals surface area contributed by atoms with E-state index in [2.05, 4.69) is 25.9 Å². The van der Waals surface area contributed by atoms with Gasteiger partial charge in [0.2, 0.25) is 0 Å². The topological polar surface area (TPSA) is 127 Å². The van der Waals surface area contributed by atoms with Crippen LogP contribution in [0.2, 0.25) is 0 Å². The van der Waals surface area contributed by atoms with Gasteiger partial charge in [0.25, 0.3) is 0 Å². The average molecular weight is 397 g/mol. The summed E-state index contributed by atoms with van der Waals surface area (Å²) in [5.41, 5.74) is 0.226. The largest absolute Gasteiger partial charge is 0.411 e. The van der Waals surface area contributed by atoms with Crippen molar-refractivity contribution < 1.29 is 15.5 Å². The summed E-state index contributed by atoms with van der Waals surface area (Å²) in [4.78, 5) is 4.00. The Morgan fingerprint density at radius 3 is 1.93 bits per heavy atom. The molecule has 1 atom stereocenters. The Morgan fingerprint density at radius 2 is 1.54 bits per heavy atom. The van der Waals surface area contributed by atoms with E-state index in [1.54, 1.807) is 26.4 Å². The molecule has 0 aliphatic rings. The van der Waals surface area contributed by atoms with Gasteiger partial charge >= 0.3 is 0 Å². The van der Waals surface area contributed by atoms with Crippen LogP contribution in [0.5, 0.6) is 0 Å². The molecule has 0 saturated carbocycles. The van der Waals surface area contributed by atoms with Crippen molar-refractivity contribution in [2.45, 2.75) is 71.7 Å². The average Bonchev–Trinajstić information content (AvgIpc) is 3.15. The van der Waals surface area contributed by atoms with Gasteiger partial charge in [-0.2, -0.15) is 0 Å². The molecule has 0 aliphatic carbocycles. The second kappa shape index (κ2) is 10.5. The summed E-state index contributed by atoms with van der Waals surface area (Å²) >= 11 is 0. The van der Waals surface area contributed by atoms with Crippen molar-refractivity contribution in [2.75, 3.05) is 13.1 Å². The van der Waals surface area contributed by atoms with Crippen LogP contribution in [0.25, 0.3) is 0 Å². The van der Waals surface area contributed by atoms with Crippen LogP contribution in [0.4, 0.5) is 0 Å². The molecule has 1 unspecified atom stereocenters. The molecule has 160 valence electrons. The first-order valence-electron chi connectivity index (χ1n) is 9.54. The Morgan fingerprint density at radius 1 is 1.04 bits per heavy atom. The van der Waals surface area contributed by atoms with Crippen LogP contribution in [0.3, 0.4) is 0 Å². The normalized spacial score (nSPS) is 16.2. The summed E-state index contributed by atoms with van der Waals surface area (Å²) in [5, 5.41) is 42.1. The van der Waals surface area contributed by atoms with Gasteiger partial charge in [-0.3, -0.25) is 0 Å². The lowest BCUT2D eigenvalue weighted by Crippen LogP contribution is -2.52. The van der Waals surface area contributed by atoms with Gasteiger partial charge in [-0.1, -0.05) is 10.3 Å². The molecule has 5 N–H and O–H groups in total. The minimum Gasteiger partial charge on any atom is -0.411 e. The summed E-state index contributed by atoms with van der Waals surface area (Å²) in [5.74, 6) is 0.0926. The molecule has 0 radical (unpaired) electrons. The van der Waals surface area contributed by atoms with E-state index in [1.165, 1.54) is 0 Å². The van der Waals surface area contributed by atoms with E-state index in [-0.39, 0.29) is 5.92 Å². The third-order valence-electron chi connectivity index (χ3n) is 5.36. The first-order valence-corrected chi connectivity index (χ1v) is 9.54. The molecule has 1 rings (SSSR count). The number of aliphatic hydroxyl groups is 1. The Labute approximate surface area is 167 Å². The van der Waals surface area contributed by atoms with E-state index in [4.69, 9.17) is 10.4 Å². The fraction of sp³-hybridized carbons (Fsp3) is 0.737. The lowest BCUT2D eigenvalue weighted by atomic mass is 9.94. The predicted octanol–water partition coefficient (Wildman–Crippen LogP) is 1.69. The van der Waals surface area contributed by atoms with Crippen LogP contribution < -0.4 is 10.6 Å². The van der Waals surface area contributed by atoms with Crippen molar-refractivity contribution >= 4 is 11.4 Å². The SMILES string of the molecule is C/C(=N\O)C(C)(C)NCC(CNC(C)(C)/C(C)=N/O)CC(O)Cn1ccnc1. The lowest BCUT2D eigenvalue weighted by Gasteiger charge is -2.32. The number of hydrogen-bond donors (Lipinski definition) is 5. The van der Waals surface area contributed by atoms with E-state index >= 15 is 0 Å². The third-order valence-corrected chi connectivity index (χ3v) is 5.36. The van der Waals surface area contributed by atoms with Crippen LogP contribution in [0, 0.1) is 5.92 Å². The maximum absolute atomic E-state index is 10.5. The highest BCUT2D eigenvalue weighted by atomic mass is 16.4. The summed E-state index contributed by atoms with van der Waals surface area (Å²) in [6, 6.07) is 0. The van der Waals surface area contributed by atoms with Crippen LogP contribution in [-0.4, -0.2) is 66.8 Å². The van der Waals surface area contributed by atoms with Crippen molar-refractivity contribution in [3.63, 3.8) is 0 Å². The van der Waals surface area contributed by atoms with E-state index in [0.717, 1.165) is 0 Å². The Bertz CT molecular complexity index is 606. The molecule has 1 aromatic rings. The fourth-order valence-corrected chi connectivity index (χ4v) is 2.64. The Kier molecular flexibility index (Phi) is 9.06. The van der Waals surface area contributed by atoms with Crippen LogP contribution in [-0.2, 0) is 6.54 Å². The fourth-order valence-electron chi connectivity index (χ4n) is 2.64. The zero-order chi connectivity index (χ0) is 21.4. The molecule has 0 aliphatic heterocycles. The van der Waals surface area contributed by atoms with Crippen molar-refractivity contribution in [1.82, 2.24) is 20.2 Å². The van der Waals surface area contributed by atoms with E-state index in [0.29, 0.717) is 37.5 Å². The minimum absolute atomic E-state index is 0.0926. The van der Waals surface area contributed by atoms with Gasteiger partial charge in [-0.05, 0) is 53.9 Å². The van der Waals surface area contributed by atoms with Gasteiger partial charge in [0, 0.05) is 32.0 Å². The molecule has 1 heterocycles. The number of hydrogen-bond acceptors (Lipinski definition) is 8. The first kappa shape index (κ1) is 24.1. The molecular weight excluding hydrogens is 360 g/mol. The summed E-state index contributed by atoms with van der Waals surface area (Å²) in [7, 11) is 0. The van der Waals surface area contributed by atoms with E-state index < -0.39 is 17.2 Å². The summed E-state index contributed by atoms with van der Waals surface area (Å²) < 4.78 is 1.85. The molecular formula is C19H36N6O3. The van der Waals surface area contributed by atoms with Crippen molar-refractivity contribution in [3.05, 3.63) is 18.7 Å². The maximum Gasteiger partial charge on any atom is 0.0946 e. The van der Waals surface area contributed by atoms with Gasteiger partial charge < -0.3 is 30.7 Å². The molecule has 0 bridgehead atoms. The monoisotopic (exact) mass is 396 g/mol. The van der Waals surface area contributed by atoms with Gasteiger partial charge in [0.1, 0.15) is 0 Å². The lowest BCUT2D eigenvalue weighted by molar-refractivity contribution is 0.120. The number of aliphatic hydroxyl groups excluding tert-OH is 1. The highest BCUT2D eigenvalue weighted by Gasteiger charge is 2.27. The van der Waals surface area contributed by atoms with Gasteiger partial charge in [0.15, 0.2) is 0 Å². The van der Waals surface area contributed by atoms with Gasteiger partial charge in [-0.25, -0.2) is 4.98 Å². The van der Waals surface area contributed by atoms with Crippen molar-refractivity contribution in [3.8, 4) is 0 Å². The Balaban J connectivity index is 2.77. The second-order valence-electron chi connectivity index (χ2n) is 8.40. The van der Waals surface area contributed by atoms with E-state index in [9.17, 15) is 5.11 Å². The smallest absolute Gasteiger partial charge is 0.0946 e. The summed E-state index contributed by atoms with van der Waals surface area (Å²) in [6.45, 7) is 13.0. The number of imidazole rings is 1. The predicted molar refractivity (Wildman–Crippen MR) is 110 cm³/mol. The standard InChI is InChI=1S/C19H36N6O3/c1-14(23-27)18(3,4)21-10-16(11-22-19(5,6)15(2)24-28)9-17(26)12-25-8-7-20-13-25/h7-8,13,16-17,21-22,26-28H,9-12H2,1-6H3/b23-14+,24-15+. The molecule has 9 nitrogen and oxygen atoms in total. The molecule has 0 saturated heterocycles. The minimum atomic E-state index is -0.533. The van der Waals surface area contributed by atoms with Crippen molar-refractivity contribution in [2.24, 2.45) is 16.2 Å². The van der Waals surface area contributed by atoms with Crippen LogP contribution in [0.15, 0.2) is 29.0 Å². The highest BCUT2D eigenvalue weighted by Crippen LogP contribution is 2.14. The summed E-state index contributed by atoms with van der Waals surface area (Å²) in [6.07, 6.45) is 5.22. The number of rotatable bonds is 12. The second-order valence-corrected chi connectivity index (χ2v) is 8.40. The number of oxime groups is 2. The maximum atomic E-state index is 10.5. The zero-order valence-corrected chi connectivity index (χ0v) is 17.8.